The van der Waals surface area contributed by atoms with Gasteiger partial charge in [0.25, 0.3) is 0 Å². The number of carbonyl (C=O) groups is 2. The smallest absolute Gasteiger partial charge is 0.308 e. The van der Waals surface area contributed by atoms with Crippen LogP contribution in [0.15, 0.2) is 24.3 Å². The molecule has 0 bridgehead atoms. The number of amides is 1. The van der Waals surface area contributed by atoms with Crippen LogP contribution in [0.25, 0.3) is 0 Å². The summed E-state index contributed by atoms with van der Waals surface area (Å²) in [5, 5.41) is 9.15. The predicted octanol–water partition coefficient (Wildman–Crippen LogP) is 1.72. The number of hydrogen-bond donors (Lipinski definition) is 1. The van der Waals surface area contributed by atoms with Gasteiger partial charge in [-0.3, -0.25) is 9.59 Å². The predicted molar refractivity (Wildman–Crippen MR) is 74.3 cm³/mol. The Morgan fingerprint density at radius 1 is 1.20 bits per heavy atom. The molecule has 1 fully saturated rings. The summed E-state index contributed by atoms with van der Waals surface area (Å²) in [7, 11) is 0. The number of fused-ring (bicyclic) bond motifs is 1. The lowest BCUT2D eigenvalue weighted by atomic mass is 10.0. The number of likely N-dealkylation sites (tertiary alicyclic amines) is 1. The van der Waals surface area contributed by atoms with Crippen molar-refractivity contribution in [2.45, 2.75) is 32.2 Å². The molecule has 1 N–H and O–H groups in total. The van der Waals surface area contributed by atoms with E-state index in [0.717, 1.165) is 12.8 Å². The van der Waals surface area contributed by atoms with E-state index < -0.39 is 11.9 Å². The molecular formula is C16H19NO3. The molecule has 1 aromatic rings. The molecule has 0 aromatic heterocycles. The Hall–Kier alpha value is -1.84. The van der Waals surface area contributed by atoms with Crippen LogP contribution >= 0.6 is 0 Å². The van der Waals surface area contributed by atoms with Gasteiger partial charge in [0.05, 0.1) is 5.92 Å². The van der Waals surface area contributed by atoms with Crippen LogP contribution in [0.2, 0.25) is 0 Å². The largest absolute Gasteiger partial charge is 0.481 e. The molecule has 1 aromatic carbocycles. The molecule has 2 unspecified atom stereocenters. The van der Waals surface area contributed by atoms with Gasteiger partial charge in [0.1, 0.15) is 0 Å². The topological polar surface area (TPSA) is 57.6 Å². The summed E-state index contributed by atoms with van der Waals surface area (Å²) < 4.78 is 0. The van der Waals surface area contributed by atoms with Crippen LogP contribution in [0.4, 0.5) is 0 Å². The van der Waals surface area contributed by atoms with Gasteiger partial charge in [-0.15, -0.1) is 0 Å². The van der Waals surface area contributed by atoms with Crippen molar-refractivity contribution >= 4 is 11.9 Å². The van der Waals surface area contributed by atoms with Crippen molar-refractivity contribution in [1.82, 2.24) is 4.90 Å². The van der Waals surface area contributed by atoms with Crippen LogP contribution in [0.5, 0.6) is 0 Å². The minimum Gasteiger partial charge on any atom is -0.481 e. The Bertz CT molecular complexity index is 529. The van der Waals surface area contributed by atoms with Crippen LogP contribution in [0.1, 0.15) is 24.5 Å². The summed E-state index contributed by atoms with van der Waals surface area (Å²) in [5.74, 6) is -1.09. The molecule has 1 aliphatic heterocycles. The van der Waals surface area contributed by atoms with E-state index in [4.69, 9.17) is 5.11 Å². The number of carboxylic acids is 1. The van der Waals surface area contributed by atoms with E-state index in [1.54, 1.807) is 4.90 Å². The zero-order valence-electron chi connectivity index (χ0n) is 11.6. The van der Waals surface area contributed by atoms with Crippen LogP contribution in [-0.2, 0) is 22.4 Å². The van der Waals surface area contributed by atoms with Crippen molar-refractivity contribution in [2.75, 3.05) is 6.54 Å². The van der Waals surface area contributed by atoms with Gasteiger partial charge in [-0.25, -0.2) is 0 Å². The lowest BCUT2D eigenvalue weighted by molar-refractivity contribution is -0.143. The molecule has 0 radical (unpaired) electrons. The lowest BCUT2D eigenvalue weighted by Gasteiger charge is -2.26. The average molecular weight is 273 g/mol. The average Bonchev–Trinajstić information content (AvgIpc) is 3.01. The second-order valence-electron chi connectivity index (χ2n) is 5.88. The van der Waals surface area contributed by atoms with E-state index in [0.29, 0.717) is 13.0 Å². The van der Waals surface area contributed by atoms with Gasteiger partial charge in [-0.2, -0.15) is 0 Å². The summed E-state index contributed by atoms with van der Waals surface area (Å²) in [6.45, 7) is 2.43. The minimum atomic E-state index is -0.789. The summed E-state index contributed by atoms with van der Waals surface area (Å²) >= 11 is 0. The highest BCUT2D eigenvalue weighted by Crippen LogP contribution is 2.31. The lowest BCUT2D eigenvalue weighted by Crippen LogP contribution is -2.41. The van der Waals surface area contributed by atoms with E-state index in [1.807, 2.05) is 19.1 Å². The van der Waals surface area contributed by atoms with Gasteiger partial charge in [-0.05, 0) is 37.3 Å². The first-order valence-electron chi connectivity index (χ1n) is 7.18. The van der Waals surface area contributed by atoms with Crippen molar-refractivity contribution in [3.63, 3.8) is 0 Å². The summed E-state index contributed by atoms with van der Waals surface area (Å²) in [6.07, 6.45) is 2.15. The number of nitrogens with zero attached hydrogens (tertiary/aromatic N) is 1. The third-order valence-corrected chi connectivity index (χ3v) is 4.76. The number of carboxylic acid groups (broad SMARTS) is 1. The van der Waals surface area contributed by atoms with Crippen molar-refractivity contribution < 1.29 is 14.7 Å². The van der Waals surface area contributed by atoms with Crippen LogP contribution < -0.4 is 0 Å². The zero-order valence-corrected chi connectivity index (χ0v) is 11.6. The number of rotatable bonds is 2. The van der Waals surface area contributed by atoms with Crippen molar-refractivity contribution in [3.05, 3.63) is 35.4 Å². The first-order valence-corrected chi connectivity index (χ1v) is 7.18. The molecule has 3 rings (SSSR count). The molecule has 4 heteroatoms. The number of carbonyl (C=O) groups excluding carboxylic acids is 1. The highest BCUT2D eigenvalue weighted by atomic mass is 16.4. The molecule has 106 valence electrons. The maximum atomic E-state index is 12.6. The van der Waals surface area contributed by atoms with E-state index in [1.165, 1.54) is 11.1 Å². The fourth-order valence-corrected chi connectivity index (χ4v) is 3.55. The minimum absolute atomic E-state index is 0.0117. The monoisotopic (exact) mass is 273 g/mol. The molecule has 2 atom stereocenters. The molecule has 4 nitrogen and oxygen atoms in total. The molecule has 20 heavy (non-hydrogen) atoms. The third-order valence-electron chi connectivity index (χ3n) is 4.76. The number of hydrogen-bond acceptors (Lipinski definition) is 2. The summed E-state index contributed by atoms with van der Waals surface area (Å²) in [4.78, 5) is 25.5. The van der Waals surface area contributed by atoms with Gasteiger partial charge in [-0.1, -0.05) is 24.3 Å². The van der Waals surface area contributed by atoms with Crippen LogP contribution in [0, 0.1) is 11.8 Å². The molecule has 1 saturated heterocycles. The molecule has 1 amide bonds. The van der Waals surface area contributed by atoms with E-state index in [2.05, 4.69) is 12.1 Å². The SMILES string of the molecule is CC1C(C(=O)O)CCN1C(=O)C1Cc2ccccc2C1. The first-order chi connectivity index (χ1) is 9.58. The second kappa shape index (κ2) is 4.93. The zero-order chi connectivity index (χ0) is 14.3. The Morgan fingerprint density at radius 2 is 1.80 bits per heavy atom. The van der Waals surface area contributed by atoms with Crippen molar-refractivity contribution in [1.29, 1.82) is 0 Å². The van der Waals surface area contributed by atoms with E-state index in [-0.39, 0.29) is 17.9 Å². The van der Waals surface area contributed by atoms with Gasteiger partial charge in [0.15, 0.2) is 0 Å². The first kappa shape index (κ1) is 13.2. The molecule has 0 saturated carbocycles. The quantitative estimate of drug-likeness (QED) is 0.892. The molecule has 2 aliphatic rings. The maximum absolute atomic E-state index is 12.6. The Labute approximate surface area is 118 Å². The molecule has 0 spiro atoms. The number of benzene rings is 1. The van der Waals surface area contributed by atoms with Gasteiger partial charge in [0.2, 0.25) is 5.91 Å². The summed E-state index contributed by atoms with van der Waals surface area (Å²) in [6, 6.07) is 7.98. The van der Waals surface area contributed by atoms with E-state index >= 15 is 0 Å². The highest BCUT2D eigenvalue weighted by Gasteiger charge is 2.41. The van der Waals surface area contributed by atoms with E-state index in [9.17, 15) is 9.59 Å². The maximum Gasteiger partial charge on any atom is 0.308 e. The molecule has 1 aliphatic carbocycles. The number of aliphatic carboxylic acids is 1. The van der Waals surface area contributed by atoms with Crippen molar-refractivity contribution in [3.8, 4) is 0 Å². The fraction of sp³-hybridized carbons (Fsp3) is 0.500. The normalized spacial score (nSPS) is 25.8. The Balaban J connectivity index is 1.71. The van der Waals surface area contributed by atoms with Crippen molar-refractivity contribution in [2.24, 2.45) is 11.8 Å². The highest BCUT2D eigenvalue weighted by molar-refractivity contribution is 5.82. The molecular weight excluding hydrogens is 254 g/mol. The summed E-state index contributed by atoms with van der Waals surface area (Å²) in [5.41, 5.74) is 2.51. The van der Waals surface area contributed by atoms with Gasteiger partial charge >= 0.3 is 5.97 Å². The van der Waals surface area contributed by atoms with Crippen LogP contribution in [0.3, 0.4) is 0 Å². The van der Waals surface area contributed by atoms with Gasteiger partial charge < -0.3 is 10.0 Å². The standard InChI is InChI=1S/C16H19NO3/c1-10-14(16(19)20)6-7-17(10)15(18)13-8-11-4-2-3-5-12(11)9-13/h2-5,10,13-14H,6-9H2,1H3,(H,19,20). The third kappa shape index (κ3) is 2.09. The second-order valence-corrected chi connectivity index (χ2v) is 5.88. The Kier molecular flexibility index (Phi) is 3.24. The van der Waals surface area contributed by atoms with Crippen LogP contribution in [-0.4, -0.2) is 34.5 Å². The molecule has 1 heterocycles. The fourth-order valence-electron chi connectivity index (χ4n) is 3.55. The Morgan fingerprint density at radius 3 is 2.30 bits per heavy atom. The van der Waals surface area contributed by atoms with Gasteiger partial charge in [0, 0.05) is 18.5 Å².